The number of tetrazole rings is 1. The van der Waals surface area contributed by atoms with Crippen molar-refractivity contribution in [3.05, 3.63) is 60.7 Å². The molecular weight excluding hydrogens is 315 g/mol. The van der Waals surface area contributed by atoms with E-state index >= 15 is 0 Å². The zero-order valence-corrected chi connectivity index (χ0v) is 12.7. The van der Waals surface area contributed by atoms with Crippen molar-refractivity contribution in [2.75, 3.05) is 0 Å². The summed E-state index contributed by atoms with van der Waals surface area (Å²) in [5.74, 6) is -0.240. The average Bonchev–Trinajstić information content (AvgIpc) is 3.12. The largest absolute Gasteiger partial charge is 0.479 e. The summed E-state index contributed by atoms with van der Waals surface area (Å²) in [6, 6.07) is 12.1. The van der Waals surface area contributed by atoms with Crippen LogP contribution in [0.1, 0.15) is 6.92 Å². The molecule has 122 valence electrons. The van der Waals surface area contributed by atoms with Crippen LogP contribution in [0.3, 0.4) is 0 Å². The smallest absolute Gasteiger partial charge is 0.352 e. The number of halogens is 1. The van der Waals surface area contributed by atoms with Crippen molar-refractivity contribution in [1.29, 1.82) is 0 Å². The van der Waals surface area contributed by atoms with E-state index in [9.17, 15) is 9.18 Å². The number of carbonyl (C=O) groups excluding carboxylic acids is 1. The third-order valence-corrected chi connectivity index (χ3v) is 3.11. The molecule has 0 spiro atoms. The molecule has 3 rings (SSSR count). The van der Waals surface area contributed by atoms with Crippen LogP contribution in [0.15, 0.2) is 54.9 Å². The Kier molecular flexibility index (Phi) is 4.46. The Bertz CT molecular complexity index is 822. The molecule has 0 aliphatic rings. The van der Waals surface area contributed by atoms with Gasteiger partial charge >= 0.3 is 5.97 Å². The molecule has 7 nitrogen and oxygen atoms in total. The quantitative estimate of drug-likeness (QED) is 0.527. The van der Waals surface area contributed by atoms with Gasteiger partial charge in [0.25, 0.3) is 0 Å². The highest BCUT2D eigenvalue weighted by atomic mass is 19.1. The normalized spacial score (nSPS) is 11.8. The van der Waals surface area contributed by atoms with Gasteiger partial charge in [-0.1, -0.05) is 6.07 Å². The van der Waals surface area contributed by atoms with Gasteiger partial charge in [-0.3, -0.25) is 0 Å². The summed E-state index contributed by atoms with van der Waals surface area (Å²) in [4.78, 5) is 12.1. The van der Waals surface area contributed by atoms with Gasteiger partial charge in [0.05, 0.1) is 5.69 Å². The Hall–Kier alpha value is -3.29. The lowest BCUT2D eigenvalue weighted by Crippen LogP contribution is -2.28. The predicted molar refractivity (Wildman–Crippen MR) is 81.3 cm³/mol. The first-order valence-corrected chi connectivity index (χ1v) is 7.09. The standard InChI is InChI=1S/C16H13FN4O3/c1-11(23-14-7-5-12(17)6-8-14)16(22)24-15-4-2-3-13(9-15)21-10-18-19-20-21/h2-11H,1H3/t11-/m1/s1. The molecule has 0 radical (unpaired) electrons. The predicted octanol–water partition coefficient (Wildman–Crippen LogP) is 2.17. The minimum absolute atomic E-state index is 0.336. The van der Waals surface area contributed by atoms with Crippen LogP contribution in [0.4, 0.5) is 4.39 Å². The van der Waals surface area contributed by atoms with Crippen LogP contribution in [0.5, 0.6) is 11.5 Å². The van der Waals surface area contributed by atoms with E-state index in [4.69, 9.17) is 9.47 Å². The molecule has 0 aliphatic heterocycles. The molecule has 3 aromatic rings. The van der Waals surface area contributed by atoms with Crippen molar-refractivity contribution >= 4 is 5.97 Å². The van der Waals surface area contributed by atoms with Gasteiger partial charge in [-0.05, 0) is 53.7 Å². The summed E-state index contributed by atoms with van der Waals surface area (Å²) in [5.41, 5.74) is 0.650. The van der Waals surface area contributed by atoms with Gasteiger partial charge in [-0.15, -0.1) is 5.10 Å². The van der Waals surface area contributed by atoms with Gasteiger partial charge in [-0.2, -0.15) is 0 Å². The fourth-order valence-electron chi connectivity index (χ4n) is 1.93. The summed E-state index contributed by atoms with van der Waals surface area (Å²) in [6.07, 6.45) is 0.577. The number of rotatable bonds is 5. The van der Waals surface area contributed by atoms with Crippen molar-refractivity contribution in [3.63, 3.8) is 0 Å². The minimum atomic E-state index is -0.854. The molecule has 1 atom stereocenters. The molecule has 24 heavy (non-hydrogen) atoms. The van der Waals surface area contributed by atoms with E-state index in [2.05, 4.69) is 15.5 Å². The topological polar surface area (TPSA) is 79.1 Å². The number of aromatic nitrogens is 4. The molecule has 2 aromatic carbocycles. The van der Waals surface area contributed by atoms with Gasteiger partial charge in [-0.25, -0.2) is 13.9 Å². The van der Waals surface area contributed by atoms with E-state index < -0.39 is 12.1 Å². The maximum atomic E-state index is 12.9. The Balaban J connectivity index is 1.66. The molecule has 0 unspecified atom stereocenters. The molecule has 0 saturated heterocycles. The Morgan fingerprint density at radius 1 is 1.17 bits per heavy atom. The molecule has 8 heteroatoms. The lowest BCUT2D eigenvalue weighted by Gasteiger charge is -2.14. The second kappa shape index (κ2) is 6.86. The third-order valence-electron chi connectivity index (χ3n) is 3.11. The van der Waals surface area contributed by atoms with E-state index in [0.717, 1.165) is 0 Å². The SMILES string of the molecule is C[C@@H](Oc1ccc(F)cc1)C(=O)Oc1cccc(-n2cnnn2)c1. The first kappa shape index (κ1) is 15.6. The molecule has 0 amide bonds. The van der Waals surface area contributed by atoms with Gasteiger partial charge in [0.1, 0.15) is 23.6 Å². The van der Waals surface area contributed by atoms with E-state index in [0.29, 0.717) is 17.2 Å². The summed E-state index contributed by atoms with van der Waals surface area (Å²) in [6.45, 7) is 1.55. The summed E-state index contributed by atoms with van der Waals surface area (Å²) < 4.78 is 25.0. The second-order valence-corrected chi connectivity index (χ2v) is 4.89. The molecule has 0 bridgehead atoms. The van der Waals surface area contributed by atoms with Gasteiger partial charge in [0, 0.05) is 6.07 Å². The first-order valence-electron chi connectivity index (χ1n) is 7.09. The number of hydrogen-bond donors (Lipinski definition) is 0. The maximum absolute atomic E-state index is 12.9. The van der Waals surface area contributed by atoms with Crippen molar-refractivity contribution in [3.8, 4) is 17.2 Å². The highest BCUT2D eigenvalue weighted by Gasteiger charge is 2.17. The highest BCUT2D eigenvalue weighted by Crippen LogP contribution is 2.18. The van der Waals surface area contributed by atoms with Crippen LogP contribution >= 0.6 is 0 Å². The molecule has 0 N–H and O–H groups in total. The number of ether oxygens (including phenoxy) is 2. The Morgan fingerprint density at radius 2 is 1.96 bits per heavy atom. The lowest BCUT2D eigenvalue weighted by atomic mass is 10.3. The zero-order chi connectivity index (χ0) is 16.9. The lowest BCUT2D eigenvalue weighted by molar-refractivity contribution is -0.141. The van der Waals surface area contributed by atoms with Crippen LogP contribution in [-0.2, 0) is 4.79 Å². The monoisotopic (exact) mass is 328 g/mol. The van der Waals surface area contributed by atoms with E-state index in [-0.39, 0.29) is 5.82 Å². The van der Waals surface area contributed by atoms with Gasteiger partial charge in [0.2, 0.25) is 0 Å². The van der Waals surface area contributed by atoms with Crippen LogP contribution in [0.2, 0.25) is 0 Å². The number of benzene rings is 2. The van der Waals surface area contributed by atoms with Gasteiger partial charge < -0.3 is 9.47 Å². The van der Waals surface area contributed by atoms with E-state index in [1.165, 1.54) is 35.3 Å². The highest BCUT2D eigenvalue weighted by molar-refractivity contribution is 5.77. The fraction of sp³-hybridized carbons (Fsp3) is 0.125. The number of carbonyl (C=O) groups is 1. The van der Waals surface area contributed by atoms with Gasteiger partial charge in [0.15, 0.2) is 6.10 Å². The van der Waals surface area contributed by atoms with Crippen molar-refractivity contribution in [2.24, 2.45) is 0 Å². The fourth-order valence-corrected chi connectivity index (χ4v) is 1.93. The first-order chi connectivity index (χ1) is 11.6. The number of hydrogen-bond acceptors (Lipinski definition) is 6. The number of esters is 1. The Labute approximate surface area is 136 Å². The number of nitrogens with zero attached hydrogens (tertiary/aromatic N) is 4. The Morgan fingerprint density at radius 3 is 2.67 bits per heavy atom. The molecule has 1 heterocycles. The van der Waals surface area contributed by atoms with Crippen LogP contribution in [0.25, 0.3) is 5.69 Å². The summed E-state index contributed by atoms with van der Waals surface area (Å²) in [5, 5.41) is 10.9. The molecule has 0 saturated carbocycles. The minimum Gasteiger partial charge on any atom is -0.479 e. The van der Waals surface area contributed by atoms with Crippen molar-refractivity contribution < 1.29 is 18.7 Å². The van der Waals surface area contributed by atoms with Crippen LogP contribution in [-0.4, -0.2) is 32.3 Å². The maximum Gasteiger partial charge on any atom is 0.352 e. The molecule has 0 aliphatic carbocycles. The molecule has 1 aromatic heterocycles. The molecule has 0 fully saturated rings. The molecular formula is C16H13FN4O3. The third kappa shape index (κ3) is 3.72. The van der Waals surface area contributed by atoms with Crippen molar-refractivity contribution in [2.45, 2.75) is 13.0 Å². The van der Waals surface area contributed by atoms with Crippen LogP contribution < -0.4 is 9.47 Å². The zero-order valence-electron chi connectivity index (χ0n) is 12.7. The van der Waals surface area contributed by atoms with Crippen molar-refractivity contribution in [1.82, 2.24) is 20.2 Å². The summed E-state index contributed by atoms with van der Waals surface area (Å²) in [7, 11) is 0. The summed E-state index contributed by atoms with van der Waals surface area (Å²) >= 11 is 0. The van der Waals surface area contributed by atoms with Crippen LogP contribution in [0, 0.1) is 5.82 Å². The second-order valence-electron chi connectivity index (χ2n) is 4.89. The van der Waals surface area contributed by atoms with E-state index in [1.807, 2.05) is 0 Å². The van der Waals surface area contributed by atoms with E-state index in [1.54, 1.807) is 31.2 Å². The average molecular weight is 328 g/mol.